The van der Waals surface area contributed by atoms with Crippen LogP contribution in [-0.4, -0.2) is 24.4 Å². The van der Waals surface area contributed by atoms with Crippen molar-refractivity contribution in [2.45, 2.75) is 11.3 Å². The topological polar surface area (TPSA) is 139 Å². The second kappa shape index (κ2) is 9.02. The summed E-state index contributed by atoms with van der Waals surface area (Å²) >= 11 is 5.86. The van der Waals surface area contributed by atoms with E-state index >= 15 is 0 Å². The molecule has 3 rings (SSSR count). The van der Waals surface area contributed by atoms with Gasteiger partial charge in [0.1, 0.15) is 5.75 Å². The summed E-state index contributed by atoms with van der Waals surface area (Å²) in [6.07, 6.45) is -0.339. The molecule has 3 aromatic carbocycles. The van der Waals surface area contributed by atoms with Gasteiger partial charge in [-0.3, -0.25) is 19.6 Å². The lowest BCUT2D eigenvalue weighted by molar-refractivity contribution is -0.385. The van der Waals surface area contributed by atoms with E-state index in [0.29, 0.717) is 5.02 Å². The van der Waals surface area contributed by atoms with Crippen LogP contribution >= 0.6 is 11.6 Å². The monoisotopic (exact) mass is 461 g/mol. The minimum atomic E-state index is -4.04. The third kappa shape index (κ3) is 5.50. The van der Waals surface area contributed by atoms with Crippen molar-refractivity contribution in [3.8, 4) is 5.75 Å². The number of nitrogens with zero attached hydrogens (tertiary/aromatic N) is 1. The maximum absolute atomic E-state index is 12.6. The lowest BCUT2D eigenvalue weighted by Gasteiger charge is -2.12. The van der Waals surface area contributed by atoms with Crippen LogP contribution in [0.3, 0.4) is 0 Å². The quantitative estimate of drug-likeness (QED) is 0.277. The molecule has 0 heterocycles. The first kappa shape index (κ1) is 22.1. The highest BCUT2D eigenvalue weighted by Crippen LogP contribution is 2.28. The standard InChI is InChI=1S/C20H16ClN3O6S/c21-14-5-3-6-15(11-14)23-31(29,30)16-8-9-19(25)17(12-16)22-20(26)10-13-4-1-2-7-18(13)24(27)28/h1-9,11-12,23,25H,10H2,(H,22,26). The number of nitro groups is 1. The number of carbonyl (C=O) groups excluding carboxylic acids is 1. The van der Waals surface area contributed by atoms with E-state index in [0.717, 1.165) is 12.1 Å². The van der Waals surface area contributed by atoms with Gasteiger partial charge in [0.15, 0.2) is 0 Å². The maximum Gasteiger partial charge on any atom is 0.273 e. The number of phenolic OH excluding ortho intramolecular Hbond substituents is 1. The van der Waals surface area contributed by atoms with E-state index < -0.39 is 20.9 Å². The third-order valence-electron chi connectivity index (χ3n) is 4.17. The number of nitro benzene ring substituents is 1. The van der Waals surface area contributed by atoms with Gasteiger partial charge in [0.25, 0.3) is 15.7 Å². The highest BCUT2D eigenvalue weighted by atomic mass is 35.5. The fraction of sp³-hybridized carbons (Fsp3) is 0.0500. The molecule has 3 N–H and O–H groups in total. The maximum atomic E-state index is 12.6. The lowest BCUT2D eigenvalue weighted by Crippen LogP contribution is -2.17. The van der Waals surface area contributed by atoms with Crippen molar-refractivity contribution in [2.75, 3.05) is 10.0 Å². The number of sulfonamides is 1. The van der Waals surface area contributed by atoms with Crippen LogP contribution in [0.2, 0.25) is 5.02 Å². The summed E-state index contributed by atoms with van der Waals surface area (Å²) in [6.45, 7) is 0. The molecule has 3 aromatic rings. The van der Waals surface area contributed by atoms with Gasteiger partial charge in [-0.15, -0.1) is 0 Å². The molecule has 0 atom stereocenters. The number of amides is 1. The van der Waals surface area contributed by atoms with E-state index in [1.807, 2.05) is 0 Å². The first-order chi connectivity index (χ1) is 14.7. The number of phenols is 1. The number of rotatable bonds is 7. The second-order valence-corrected chi connectivity index (χ2v) is 8.52. The van der Waals surface area contributed by atoms with Crippen molar-refractivity contribution in [3.05, 3.63) is 87.4 Å². The molecular weight excluding hydrogens is 446 g/mol. The van der Waals surface area contributed by atoms with Gasteiger partial charge < -0.3 is 10.4 Å². The molecule has 9 nitrogen and oxygen atoms in total. The first-order valence-electron chi connectivity index (χ1n) is 8.79. The molecule has 0 saturated heterocycles. The molecule has 1 amide bonds. The Labute approximate surface area is 182 Å². The molecule has 0 fully saturated rings. The fourth-order valence-electron chi connectivity index (χ4n) is 2.75. The summed E-state index contributed by atoms with van der Waals surface area (Å²) in [5, 5.41) is 23.8. The normalized spacial score (nSPS) is 11.0. The van der Waals surface area contributed by atoms with E-state index in [2.05, 4.69) is 10.0 Å². The van der Waals surface area contributed by atoms with Crippen LogP contribution in [0.25, 0.3) is 0 Å². The average Bonchev–Trinajstić information content (AvgIpc) is 2.69. The van der Waals surface area contributed by atoms with E-state index in [9.17, 15) is 28.4 Å². The zero-order chi connectivity index (χ0) is 22.6. The summed E-state index contributed by atoms with van der Waals surface area (Å²) in [7, 11) is -4.04. The van der Waals surface area contributed by atoms with Crippen molar-refractivity contribution < 1.29 is 23.2 Å². The Morgan fingerprint density at radius 2 is 1.81 bits per heavy atom. The number of nitrogens with one attached hydrogen (secondary N) is 2. The van der Waals surface area contributed by atoms with Crippen LogP contribution in [0.1, 0.15) is 5.56 Å². The molecule has 0 aliphatic heterocycles. The summed E-state index contributed by atoms with van der Waals surface area (Å²) in [5.74, 6) is -1.03. The number of hydrogen-bond acceptors (Lipinski definition) is 6. The zero-order valence-electron chi connectivity index (χ0n) is 15.8. The van der Waals surface area contributed by atoms with Gasteiger partial charge in [0, 0.05) is 16.7 Å². The number of carbonyl (C=O) groups is 1. The van der Waals surface area contributed by atoms with Crippen LogP contribution in [0, 0.1) is 10.1 Å². The van der Waals surface area contributed by atoms with Gasteiger partial charge >= 0.3 is 0 Å². The smallest absolute Gasteiger partial charge is 0.273 e. The summed E-state index contributed by atoms with van der Waals surface area (Å²) in [4.78, 5) is 22.6. The minimum Gasteiger partial charge on any atom is -0.506 e. The van der Waals surface area contributed by atoms with Crippen molar-refractivity contribution >= 4 is 44.6 Å². The SMILES string of the molecule is O=C(Cc1ccccc1[N+](=O)[O-])Nc1cc(S(=O)(=O)Nc2cccc(Cl)c2)ccc1O. The summed E-state index contributed by atoms with van der Waals surface area (Å²) in [6, 6.07) is 15.2. The summed E-state index contributed by atoms with van der Waals surface area (Å²) in [5.41, 5.74) is 0.0416. The minimum absolute atomic E-state index is 0.155. The van der Waals surface area contributed by atoms with Crippen LogP contribution in [0.15, 0.2) is 71.6 Å². The predicted octanol–water partition coefficient (Wildman–Crippen LogP) is 3.94. The molecule has 31 heavy (non-hydrogen) atoms. The fourth-order valence-corrected chi connectivity index (χ4v) is 4.02. The number of para-hydroxylation sites is 1. The van der Waals surface area contributed by atoms with Gasteiger partial charge in [0.2, 0.25) is 5.91 Å². The largest absolute Gasteiger partial charge is 0.506 e. The van der Waals surface area contributed by atoms with Crippen LogP contribution in [0.5, 0.6) is 5.75 Å². The molecular formula is C20H16ClN3O6S. The number of halogens is 1. The molecule has 160 valence electrons. The molecule has 0 unspecified atom stereocenters. The van der Waals surface area contributed by atoms with Gasteiger partial charge in [-0.1, -0.05) is 35.9 Å². The Morgan fingerprint density at radius 1 is 1.06 bits per heavy atom. The molecule has 0 aromatic heterocycles. The molecule has 0 bridgehead atoms. The molecule has 0 aliphatic carbocycles. The van der Waals surface area contributed by atoms with Gasteiger partial charge in [0.05, 0.1) is 27.6 Å². The van der Waals surface area contributed by atoms with Gasteiger partial charge in [-0.25, -0.2) is 8.42 Å². The van der Waals surface area contributed by atoms with Crippen LogP contribution in [0.4, 0.5) is 17.1 Å². The van der Waals surface area contributed by atoms with Gasteiger partial charge in [-0.2, -0.15) is 0 Å². The van der Waals surface area contributed by atoms with E-state index in [1.54, 1.807) is 18.2 Å². The van der Waals surface area contributed by atoms with E-state index in [4.69, 9.17) is 11.6 Å². The Morgan fingerprint density at radius 3 is 2.52 bits per heavy atom. The Bertz CT molecular complexity index is 1260. The second-order valence-electron chi connectivity index (χ2n) is 6.41. The number of benzene rings is 3. The van der Waals surface area contributed by atoms with Crippen LogP contribution < -0.4 is 10.0 Å². The highest BCUT2D eigenvalue weighted by molar-refractivity contribution is 7.92. The molecule has 11 heteroatoms. The third-order valence-corrected chi connectivity index (χ3v) is 5.78. The number of hydrogen-bond donors (Lipinski definition) is 3. The zero-order valence-corrected chi connectivity index (χ0v) is 17.4. The Balaban J connectivity index is 1.81. The van der Waals surface area contributed by atoms with Gasteiger partial charge in [-0.05, 0) is 36.4 Å². The number of aromatic hydroxyl groups is 1. The number of anilines is 2. The molecule has 0 spiro atoms. The van der Waals surface area contributed by atoms with Crippen molar-refractivity contribution in [2.24, 2.45) is 0 Å². The van der Waals surface area contributed by atoms with E-state index in [-0.39, 0.29) is 39.7 Å². The highest BCUT2D eigenvalue weighted by Gasteiger charge is 2.19. The molecule has 0 saturated carbocycles. The Kier molecular flexibility index (Phi) is 6.42. The van der Waals surface area contributed by atoms with E-state index in [1.165, 1.54) is 36.4 Å². The van der Waals surface area contributed by atoms with Crippen LogP contribution in [-0.2, 0) is 21.2 Å². The predicted molar refractivity (Wildman–Crippen MR) is 116 cm³/mol. The molecule has 0 radical (unpaired) electrons. The lowest BCUT2D eigenvalue weighted by atomic mass is 10.1. The molecule has 0 aliphatic rings. The van der Waals surface area contributed by atoms with Crippen molar-refractivity contribution in [1.82, 2.24) is 0 Å². The Hall–Kier alpha value is -3.63. The first-order valence-corrected chi connectivity index (χ1v) is 10.7. The van der Waals surface area contributed by atoms with Crippen molar-refractivity contribution in [1.29, 1.82) is 0 Å². The average molecular weight is 462 g/mol. The van der Waals surface area contributed by atoms with Crippen molar-refractivity contribution in [3.63, 3.8) is 0 Å². The summed E-state index contributed by atoms with van der Waals surface area (Å²) < 4.78 is 27.7.